The Morgan fingerprint density at radius 2 is 2.17 bits per heavy atom. The number of carbonyl (C=O) groups excluding carboxylic acids is 2. The first kappa shape index (κ1) is 17.0. The van der Waals surface area contributed by atoms with Gasteiger partial charge in [-0.15, -0.1) is 0 Å². The van der Waals surface area contributed by atoms with Gasteiger partial charge in [-0.1, -0.05) is 24.8 Å². The molecule has 0 bridgehead atoms. The molecule has 0 aromatic heterocycles. The summed E-state index contributed by atoms with van der Waals surface area (Å²) < 4.78 is 17.1. The molecule has 130 valence electrons. The molecular weight excluding hydrogens is 308 g/mol. The third kappa shape index (κ3) is 2.93. The molecule has 3 rings (SSSR count). The molecule has 0 radical (unpaired) electrons. The van der Waals surface area contributed by atoms with Crippen LogP contribution in [-0.4, -0.2) is 35.9 Å². The van der Waals surface area contributed by atoms with Gasteiger partial charge in [0.2, 0.25) is 0 Å². The first-order valence-corrected chi connectivity index (χ1v) is 8.32. The van der Waals surface area contributed by atoms with E-state index in [1.165, 1.54) is 0 Å². The topological polar surface area (TPSA) is 65.1 Å². The minimum absolute atomic E-state index is 0.177. The van der Waals surface area contributed by atoms with Crippen LogP contribution in [0.3, 0.4) is 0 Å². The fourth-order valence-electron chi connectivity index (χ4n) is 3.65. The molecule has 0 spiro atoms. The molecule has 2 fully saturated rings. The Kier molecular flexibility index (Phi) is 4.16. The SMILES string of the molecule is C=C(C)C(=O)O[C@H]1C/C(C)=C\CC[C@@]2(C)O[C@H]2[C@H]2OC(=O)C(=C)[C@@H]21. The van der Waals surface area contributed by atoms with E-state index >= 15 is 0 Å². The number of hydrogen-bond donors (Lipinski definition) is 0. The van der Waals surface area contributed by atoms with Gasteiger partial charge in [-0.2, -0.15) is 0 Å². The molecule has 1 aliphatic carbocycles. The normalized spacial score (nSPS) is 40.5. The highest BCUT2D eigenvalue weighted by Crippen LogP contribution is 2.50. The molecule has 0 saturated carbocycles. The van der Waals surface area contributed by atoms with E-state index in [0.717, 1.165) is 18.4 Å². The molecule has 5 heteroatoms. The molecule has 0 unspecified atom stereocenters. The Morgan fingerprint density at radius 3 is 2.83 bits per heavy atom. The van der Waals surface area contributed by atoms with Crippen LogP contribution in [0.2, 0.25) is 0 Å². The smallest absolute Gasteiger partial charge is 0.334 e. The van der Waals surface area contributed by atoms with Gasteiger partial charge in [0, 0.05) is 17.6 Å². The summed E-state index contributed by atoms with van der Waals surface area (Å²) in [5.41, 5.74) is 1.49. The van der Waals surface area contributed by atoms with E-state index < -0.39 is 30.1 Å². The van der Waals surface area contributed by atoms with E-state index in [4.69, 9.17) is 14.2 Å². The maximum absolute atomic E-state index is 12.1. The van der Waals surface area contributed by atoms with Gasteiger partial charge in [-0.3, -0.25) is 0 Å². The molecule has 2 aliphatic heterocycles. The van der Waals surface area contributed by atoms with Crippen molar-refractivity contribution in [2.45, 2.75) is 63.9 Å². The van der Waals surface area contributed by atoms with Gasteiger partial charge in [0.05, 0.1) is 11.5 Å². The standard InChI is InChI=1S/C19H24O5/c1-10(2)17(20)22-13-9-11(3)7-6-8-19(5)16(24-19)15-14(13)12(4)18(21)23-15/h7,13-16H,1,4,6,8-9H2,2-3,5H3/b11-7-/t13-,14+,15-,16-,19+/m0/s1. The first-order chi connectivity index (χ1) is 11.2. The van der Waals surface area contributed by atoms with Gasteiger partial charge < -0.3 is 14.2 Å². The molecule has 2 saturated heterocycles. The van der Waals surface area contributed by atoms with Crippen LogP contribution in [0.25, 0.3) is 0 Å². The molecule has 24 heavy (non-hydrogen) atoms. The van der Waals surface area contributed by atoms with Crippen LogP contribution < -0.4 is 0 Å². The maximum atomic E-state index is 12.1. The second kappa shape index (κ2) is 5.88. The van der Waals surface area contributed by atoms with Crippen LogP contribution in [-0.2, 0) is 23.8 Å². The molecular formula is C19H24O5. The van der Waals surface area contributed by atoms with E-state index in [0.29, 0.717) is 17.6 Å². The average Bonchev–Trinajstić information content (AvgIpc) is 3.07. The zero-order valence-corrected chi connectivity index (χ0v) is 14.5. The van der Waals surface area contributed by atoms with Crippen LogP contribution >= 0.6 is 0 Å². The summed E-state index contributed by atoms with van der Waals surface area (Å²) in [5, 5.41) is 0. The second-order valence-corrected chi connectivity index (χ2v) is 7.29. The molecule has 2 heterocycles. The molecule has 0 aromatic rings. The van der Waals surface area contributed by atoms with Crippen molar-refractivity contribution in [1.82, 2.24) is 0 Å². The fourth-order valence-corrected chi connectivity index (χ4v) is 3.65. The van der Waals surface area contributed by atoms with Crippen molar-refractivity contribution in [1.29, 1.82) is 0 Å². The number of esters is 2. The summed E-state index contributed by atoms with van der Waals surface area (Å²) in [5.74, 6) is -1.29. The summed E-state index contributed by atoms with van der Waals surface area (Å²) in [7, 11) is 0. The van der Waals surface area contributed by atoms with Gasteiger partial charge in [0.15, 0.2) is 0 Å². The van der Waals surface area contributed by atoms with Crippen LogP contribution in [0, 0.1) is 5.92 Å². The quantitative estimate of drug-likeness (QED) is 0.337. The predicted octanol–water partition coefficient (Wildman–Crippen LogP) is 2.86. The van der Waals surface area contributed by atoms with E-state index in [2.05, 4.69) is 19.2 Å². The Labute approximate surface area is 142 Å². The van der Waals surface area contributed by atoms with E-state index in [1.54, 1.807) is 6.92 Å². The highest BCUT2D eigenvalue weighted by atomic mass is 16.6. The van der Waals surface area contributed by atoms with Crippen molar-refractivity contribution in [3.63, 3.8) is 0 Å². The second-order valence-electron chi connectivity index (χ2n) is 7.29. The van der Waals surface area contributed by atoms with Gasteiger partial charge in [0.1, 0.15) is 18.3 Å². The summed E-state index contributed by atoms with van der Waals surface area (Å²) >= 11 is 0. The average molecular weight is 332 g/mol. The van der Waals surface area contributed by atoms with Crippen LogP contribution in [0.1, 0.15) is 40.0 Å². The molecule has 3 aliphatic rings. The van der Waals surface area contributed by atoms with Crippen molar-refractivity contribution in [2.75, 3.05) is 0 Å². The number of rotatable bonds is 2. The van der Waals surface area contributed by atoms with Gasteiger partial charge in [0.25, 0.3) is 0 Å². The molecule has 0 N–H and O–H groups in total. The Bertz CT molecular complexity index is 646. The molecule has 5 atom stereocenters. The number of ether oxygens (including phenoxy) is 3. The van der Waals surface area contributed by atoms with E-state index in [1.807, 2.05) is 13.8 Å². The van der Waals surface area contributed by atoms with Crippen LogP contribution in [0.4, 0.5) is 0 Å². The summed E-state index contributed by atoms with van der Waals surface area (Å²) in [4.78, 5) is 24.2. The van der Waals surface area contributed by atoms with Crippen LogP contribution in [0.15, 0.2) is 36.0 Å². The molecule has 5 nitrogen and oxygen atoms in total. The Hall–Kier alpha value is -1.88. The number of hydrogen-bond acceptors (Lipinski definition) is 5. The lowest BCUT2D eigenvalue weighted by Gasteiger charge is -2.28. The predicted molar refractivity (Wildman–Crippen MR) is 88.1 cm³/mol. The number of fused-ring (bicyclic) bond motifs is 3. The summed E-state index contributed by atoms with van der Waals surface area (Å²) in [6.45, 7) is 13.2. The highest BCUT2D eigenvalue weighted by molar-refractivity contribution is 5.91. The monoisotopic (exact) mass is 332 g/mol. The largest absolute Gasteiger partial charge is 0.458 e. The Morgan fingerprint density at radius 1 is 1.46 bits per heavy atom. The van der Waals surface area contributed by atoms with Gasteiger partial charge >= 0.3 is 11.9 Å². The van der Waals surface area contributed by atoms with Crippen molar-refractivity contribution in [3.05, 3.63) is 36.0 Å². The lowest BCUT2D eigenvalue weighted by molar-refractivity contribution is -0.148. The van der Waals surface area contributed by atoms with Crippen molar-refractivity contribution in [3.8, 4) is 0 Å². The number of carbonyl (C=O) groups is 2. The number of epoxide rings is 1. The summed E-state index contributed by atoms with van der Waals surface area (Å²) in [6, 6.07) is 0. The van der Waals surface area contributed by atoms with Crippen molar-refractivity contribution in [2.24, 2.45) is 5.92 Å². The van der Waals surface area contributed by atoms with E-state index in [-0.39, 0.29) is 11.7 Å². The highest BCUT2D eigenvalue weighted by Gasteiger charge is 2.63. The van der Waals surface area contributed by atoms with Gasteiger partial charge in [-0.25, -0.2) is 9.59 Å². The zero-order valence-electron chi connectivity index (χ0n) is 14.5. The first-order valence-electron chi connectivity index (χ1n) is 8.32. The number of allylic oxidation sites excluding steroid dienone is 1. The van der Waals surface area contributed by atoms with Crippen molar-refractivity contribution < 1.29 is 23.8 Å². The lowest BCUT2D eigenvalue weighted by Crippen LogP contribution is -2.38. The molecule has 0 amide bonds. The minimum Gasteiger partial charge on any atom is -0.458 e. The molecule has 0 aromatic carbocycles. The lowest BCUT2D eigenvalue weighted by atomic mass is 9.82. The Balaban J connectivity index is 1.95. The van der Waals surface area contributed by atoms with E-state index in [9.17, 15) is 9.59 Å². The van der Waals surface area contributed by atoms with Crippen LogP contribution in [0.5, 0.6) is 0 Å². The van der Waals surface area contributed by atoms with Gasteiger partial charge in [-0.05, 0) is 33.6 Å². The summed E-state index contributed by atoms with van der Waals surface area (Å²) in [6.07, 6.45) is 3.30. The zero-order chi connectivity index (χ0) is 17.6. The fraction of sp³-hybridized carbons (Fsp3) is 0.579. The van der Waals surface area contributed by atoms with Crippen molar-refractivity contribution >= 4 is 11.9 Å². The third-order valence-corrected chi connectivity index (χ3v) is 5.16. The third-order valence-electron chi connectivity index (χ3n) is 5.16. The maximum Gasteiger partial charge on any atom is 0.334 e. The minimum atomic E-state index is -0.513.